The molecule has 15 heavy (non-hydrogen) atoms. The number of aliphatic hydroxyl groups excluding tert-OH is 1. The third kappa shape index (κ3) is 3.77. The van der Waals surface area contributed by atoms with Crippen LogP contribution < -0.4 is 5.32 Å². The number of carbonyl (C=O) groups excluding carboxylic acids is 1. The van der Waals surface area contributed by atoms with Crippen molar-refractivity contribution in [1.82, 2.24) is 10.2 Å². The molecule has 0 aromatic heterocycles. The van der Waals surface area contributed by atoms with Crippen molar-refractivity contribution in [2.45, 2.75) is 26.0 Å². The minimum absolute atomic E-state index is 0.203. The lowest BCUT2D eigenvalue weighted by atomic mass is 10.2. The predicted octanol–water partition coefficient (Wildman–Crippen LogP) is -0.796. The summed E-state index contributed by atoms with van der Waals surface area (Å²) in [6, 6.07) is -0.256. The van der Waals surface area contributed by atoms with Gasteiger partial charge >= 0.3 is 5.97 Å². The maximum Gasteiger partial charge on any atom is 0.324 e. The Balaban J connectivity index is 2.52. The summed E-state index contributed by atoms with van der Waals surface area (Å²) in [5.74, 6) is -0.203. The van der Waals surface area contributed by atoms with E-state index in [1.54, 1.807) is 13.8 Å². The van der Waals surface area contributed by atoms with E-state index in [1.807, 2.05) is 4.90 Å². The number of hydrogen-bond acceptors (Lipinski definition) is 5. The van der Waals surface area contributed by atoms with E-state index in [9.17, 15) is 9.90 Å². The van der Waals surface area contributed by atoms with E-state index in [2.05, 4.69) is 5.32 Å². The Labute approximate surface area is 90.4 Å². The van der Waals surface area contributed by atoms with Crippen molar-refractivity contribution >= 4 is 5.97 Å². The Hall–Kier alpha value is -0.650. The second-order valence-corrected chi connectivity index (χ2v) is 3.82. The van der Waals surface area contributed by atoms with Gasteiger partial charge < -0.3 is 15.2 Å². The Kier molecular flexibility index (Phi) is 5.01. The highest BCUT2D eigenvalue weighted by Gasteiger charge is 2.29. The molecule has 5 nitrogen and oxygen atoms in total. The monoisotopic (exact) mass is 216 g/mol. The van der Waals surface area contributed by atoms with Gasteiger partial charge in [-0.1, -0.05) is 0 Å². The first-order valence-electron chi connectivity index (χ1n) is 5.44. The molecule has 0 spiro atoms. The molecule has 0 radical (unpaired) electrons. The van der Waals surface area contributed by atoms with Crippen LogP contribution in [0, 0.1) is 0 Å². The number of esters is 1. The SMILES string of the molecule is CCOC(=O)C1CNCCN1CC(C)O. The van der Waals surface area contributed by atoms with Crippen molar-refractivity contribution in [3.05, 3.63) is 0 Å². The Morgan fingerprint density at radius 1 is 1.73 bits per heavy atom. The first kappa shape index (κ1) is 12.4. The molecule has 1 rings (SSSR count). The van der Waals surface area contributed by atoms with Crippen LogP contribution in [0.3, 0.4) is 0 Å². The van der Waals surface area contributed by atoms with Crippen LogP contribution in [0.1, 0.15) is 13.8 Å². The number of rotatable bonds is 4. The molecule has 0 aliphatic carbocycles. The zero-order valence-corrected chi connectivity index (χ0v) is 9.40. The molecule has 1 heterocycles. The molecule has 0 aromatic carbocycles. The molecule has 2 unspecified atom stereocenters. The van der Waals surface area contributed by atoms with Gasteiger partial charge in [0, 0.05) is 26.2 Å². The lowest BCUT2D eigenvalue weighted by Crippen LogP contribution is -2.56. The lowest BCUT2D eigenvalue weighted by molar-refractivity contribution is -0.150. The van der Waals surface area contributed by atoms with E-state index in [1.165, 1.54) is 0 Å². The molecule has 5 heteroatoms. The number of nitrogens with one attached hydrogen (secondary N) is 1. The summed E-state index contributed by atoms with van der Waals surface area (Å²) in [4.78, 5) is 13.6. The lowest BCUT2D eigenvalue weighted by Gasteiger charge is -2.35. The summed E-state index contributed by atoms with van der Waals surface area (Å²) >= 11 is 0. The normalized spacial score (nSPS) is 24.9. The average molecular weight is 216 g/mol. The van der Waals surface area contributed by atoms with Crippen molar-refractivity contribution in [2.24, 2.45) is 0 Å². The number of β-amino-alcohol motifs (C(OH)–C–C–N with tert-alkyl or cyclic N) is 1. The molecule has 0 bridgehead atoms. The van der Waals surface area contributed by atoms with Crippen molar-refractivity contribution in [2.75, 3.05) is 32.8 Å². The molecular formula is C10H20N2O3. The maximum absolute atomic E-state index is 11.6. The molecule has 1 fully saturated rings. The quantitative estimate of drug-likeness (QED) is 0.603. The first-order valence-corrected chi connectivity index (χ1v) is 5.44. The number of carbonyl (C=O) groups is 1. The summed E-state index contributed by atoms with van der Waals surface area (Å²) in [7, 11) is 0. The van der Waals surface area contributed by atoms with Crippen LogP contribution >= 0.6 is 0 Å². The van der Waals surface area contributed by atoms with Crippen LogP contribution in [0.2, 0.25) is 0 Å². The van der Waals surface area contributed by atoms with E-state index in [0.29, 0.717) is 19.7 Å². The molecule has 88 valence electrons. The van der Waals surface area contributed by atoms with Crippen molar-refractivity contribution < 1.29 is 14.6 Å². The molecule has 0 saturated carbocycles. The standard InChI is InChI=1S/C10H20N2O3/c1-3-15-10(14)9-6-11-4-5-12(9)7-8(2)13/h8-9,11,13H,3-7H2,1-2H3. The van der Waals surface area contributed by atoms with Gasteiger partial charge in [-0.05, 0) is 13.8 Å². The minimum Gasteiger partial charge on any atom is -0.465 e. The number of nitrogens with zero attached hydrogens (tertiary/aromatic N) is 1. The van der Waals surface area contributed by atoms with Gasteiger partial charge in [-0.3, -0.25) is 9.69 Å². The second-order valence-electron chi connectivity index (χ2n) is 3.82. The predicted molar refractivity (Wildman–Crippen MR) is 56.5 cm³/mol. The highest BCUT2D eigenvalue weighted by atomic mass is 16.5. The topological polar surface area (TPSA) is 61.8 Å². The van der Waals surface area contributed by atoms with Crippen LogP contribution in [0.15, 0.2) is 0 Å². The molecule has 0 aromatic rings. The average Bonchev–Trinajstić information content (AvgIpc) is 2.18. The van der Waals surface area contributed by atoms with Gasteiger partial charge in [-0.25, -0.2) is 0 Å². The highest BCUT2D eigenvalue weighted by molar-refractivity contribution is 5.76. The Morgan fingerprint density at radius 3 is 3.07 bits per heavy atom. The fourth-order valence-corrected chi connectivity index (χ4v) is 1.78. The van der Waals surface area contributed by atoms with Gasteiger partial charge in [0.15, 0.2) is 0 Å². The van der Waals surface area contributed by atoms with Crippen molar-refractivity contribution in [3.8, 4) is 0 Å². The number of hydrogen-bond donors (Lipinski definition) is 2. The fraction of sp³-hybridized carbons (Fsp3) is 0.900. The zero-order chi connectivity index (χ0) is 11.3. The van der Waals surface area contributed by atoms with Crippen LogP contribution in [-0.4, -0.2) is 60.9 Å². The first-order chi connectivity index (χ1) is 7.15. The van der Waals surface area contributed by atoms with Gasteiger partial charge in [0.2, 0.25) is 0 Å². The van der Waals surface area contributed by atoms with Gasteiger partial charge in [0.1, 0.15) is 6.04 Å². The number of ether oxygens (including phenoxy) is 1. The molecule has 2 atom stereocenters. The number of aliphatic hydroxyl groups is 1. The molecule has 2 N–H and O–H groups in total. The third-order valence-electron chi connectivity index (χ3n) is 2.41. The van der Waals surface area contributed by atoms with Crippen LogP contribution in [0.5, 0.6) is 0 Å². The minimum atomic E-state index is -0.417. The van der Waals surface area contributed by atoms with Crippen LogP contribution in [0.4, 0.5) is 0 Å². The summed E-state index contributed by atoms with van der Waals surface area (Å²) in [6.45, 7) is 6.67. The molecule has 0 amide bonds. The molecule has 1 aliphatic rings. The number of piperazine rings is 1. The summed E-state index contributed by atoms with van der Waals surface area (Å²) < 4.78 is 4.99. The van der Waals surface area contributed by atoms with Gasteiger partial charge in [0.25, 0.3) is 0 Å². The smallest absolute Gasteiger partial charge is 0.324 e. The second kappa shape index (κ2) is 6.05. The maximum atomic E-state index is 11.6. The van der Waals surface area contributed by atoms with Crippen molar-refractivity contribution in [3.63, 3.8) is 0 Å². The Bertz CT molecular complexity index is 209. The molecular weight excluding hydrogens is 196 g/mol. The Morgan fingerprint density at radius 2 is 2.47 bits per heavy atom. The van der Waals surface area contributed by atoms with E-state index in [0.717, 1.165) is 13.1 Å². The fourth-order valence-electron chi connectivity index (χ4n) is 1.78. The van der Waals surface area contributed by atoms with Gasteiger partial charge in [0.05, 0.1) is 12.7 Å². The summed E-state index contributed by atoms with van der Waals surface area (Å²) in [5.41, 5.74) is 0. The highest BCUT2D eigenvalue weighted by Crippen LogP contribution is 2.06. The van der Waals surface area contributed by atoms with Gasteiger partial charge in [-0.2, -0.15) is 0 Å². The van der Waals surface area contributed by atoms with Crippen molar-refractivity contribution in [1.29, 1.82) is 0 Å². The largest absolute Gasteiger partial charge is 0.465 e. The van der Waals surface area contributed by atoms with E-state index < -0.39 is 6.10 Å². The van der Waals surface area contributed by atoms with E-state index in [4.69, 9.17) is 4.74 Å². The summed E-state index contributed by atoms with van der Waals surface area (Å²) in [5, 5.41) is 12.5. The van der Waals surface area contributed by atoms with Crippen LogP contribution in [-0.2, 0) is 9.53 Å². The molecule has 1 saturated heterocycles. The van der Waals surface area contributed by atoms with E-state index in [-0.39, 0.29) is 12.0 Å². The van der Waals surface area contributed by atoms with Crippen LogP contribution in [0.25, 0.3) is 0 Å². The van der Waals surface area contributed by atoms with E-state index >= 15 is 0 Å². The zero-order valence-electron chi connectivity index (χ0n) is 9.40. The third-order valence-corrected chi connectivity index (χ3v) is 2.41. The molecule has 1 aliphatic heterocycles. The summed E-state index contributed by atoms with van der Waals surface area (Å²) in [6.07, 6.45) is -0.417. The van der Waals surface area contributed by atoms with Gasteiger partial charge in [-0.15, -0.1) is 0 Å².